The van der Waals surface area contributed by atoms with Crippen LogP contribution < -0.4 is 0 Å². The first-order valence-electron chi connectivity index (χ1n) is 4.83. The maximum Gasteiger partial charge on any atom is 0.347 e. The number of carboxylic acid groups (broad SMARTS) is 1. The van der Waals surface area contributed by atoms with E-state index >= 15 is 0 Å². The number of hydrogen-bond donors (Lipinski definition) is 3. The van der Waals surface area contributed by atoms with Crippen molar-refractivity contribution in [2.75, 3.05) is 6.61 Å². The molecule has 0 aromatic carbocycles. The van der Waals surface area contributed by atoms with Gasteiger partial charge in [-0.15, -0.1) is 0 Å². The molecule has 0 spiro atoms. The summed E-state index contributed by atoms with van der Waals surface area (Å²) in [7, 11) is 0. The molecule has 0 aliphatic rings. The van der Waals surface area contributed by atoms with E-state index in [9.17, 15) is 29.4 Å². The van der Waals surface area contributed by atoms with Crippen molar-refractivity contribution in [2.24, 2.45) is 0 Å². The van der Waals surface area contributed by atoms with Crippen LogP contribution in [0.2, 0.25) is 0 Å². The topological polar surface area (TPSA) is 138 Å². The summed E-state index contributed by atoms with van der Waals surface area (Å²) >= 11 is 0. The fraction of sp³-hybridized carbons (Fsp3) is 0.600. The van der Waals surface area contributed by atoms with Crippen molar-refractivity contribution >= 4 is 23.5 Å². The highest BCUT2D eigenvalue weighted by Gasteiger charge is 2.45. The van der Waals surface area contributed by atoms with Gasteiger partial charge in [-0.05, 0) is 20.8 Å². The van der Waals surface area contributed by atoms with Crippen LogP contribution in [-0.4, -0.2) is 56.6 Å². The number of Topliss-reactive ketones (excluding diaryl/α,β-unsaturated/α-hetero) is 2. The maximum atomic E-state index is 11.3. The van der Waals surface area contributed by atoms with E-state index in [1.54, 1.807) is 0 Å². The Morgan fingerprint density at radius 3 is 1.78 bits per heavy atom. The Hall–Kier alpha value is -1.80. The lowest BCUT2D eigenvalue weighted by molar-refractivity contribution is -0.181. The second-order valence-electron chi connectivity index (χ2n) is 3.93. The molecule has 8 heteroatoms. The number of carbonyl (C=O) groups is 4. The van der Waals surface area contributed by atoms with Crippen LogP contribution in [0, 0.1) is 0 Å². The quantitative estimate of drug-likeness (QED) is 0.379. The van der Waals surface area contributed by atoms with E-state index in [4.69, 9.17) is 5.11 Å². The number of aliphatic hydroxyl groups is 2. The molecule has 0 saturated heterocycles. The minimum absolute atomic E-state index is 0.797. The molecule has 0 aromatic rings. The summed E-state index contributed by atoms with van der Waals surface area (Å²) in [6, 6.07) is 0. The molecule has 0 saturated carbocycles. The Balaban J connectivity index is 4.87. The molecule has 0 bridgehead atoms. The van der Waals surface area contributed by atoms with Crippen molar-refractivity contribution < 1.29 is 39.2 Å². The zero-order valence-corrected chi connectivity index (χ0v) is 10.1. The van der Waals surface area contributed by atoms with Crippen LogP contribution in [0.25, 0.3) is 0 Å². The highest BCUT2D eigenvalue weighted by atomic mass is 16.6. The molecule has 8 nitrogen and oxygen atoms in total. The van der Waals surface area contributed by atoms with E-state index in [1.807, 2.05) is 0 Å². The lowest BCUT2D eigenvalue weighted by atomic mass is 10.00. The summed E-state index contributed by atoms with van der Waals surface area (Å²) in [4.78, 5) is 43.8. The lowest BCUT2D eigenvalue weighted by Crippen LogP contribution is -2.52. The monoisotopic (exact) mass is 262 g/mol. The summed E-state index contributed by atoms with van der Waals surface area (Å²) in [6.07, 6.45) is 0. The van der Waals surface area contributed by atoms with Gasteiger partial charge in [0.05, 0.1) is 0 Å². The minimum Gasteiger partial charge on any atom is -0.479 e. The maximum absolute atomic E-state index is 11.3. The molecule has 0 aromatic heterocycles. The second-order valence-corrected chi connectivity index (χ2v) is 3.93. The number of ketones is 2. The highest BCUT2D eigenvalue weighted by Crippen LogP contribution is 2.12. The lowest BCUT2D eigenvalue weighted by Gasteiger charge is -2.23. The first kappa shape index (κ1) is 16.2. The molecular formula is C10H14O8. The standard InChI is InChI=1S/C10H14O8/c1-5(11)9(3,16)8(15)18-4-10(17,6(2)12)7(13)14/h16-17H,4H2,1-3H3,(H,13,14). The van der Waals surface area contributed by atoms with Crippen molar-refractivity contribution in [3.8, 4) is 0 Å². The highest BCUT2D eigenvalue weighted by molar-refractivity contribution is 6.07. The fourth-order valence-corrected chi connectivity index (χ4v) is 0.768. The van der Waals surface area contributed by atoms with Crippen molar-refractivity contribution in [3.63, 3.8) is 0 Å². The third-order valence-corrected chi connectivity index (χ3v) is 2.43. The Kier molecular flexibility index (Phi) is 4.71. The number of aliphatic carboxylic acids is 1. The predicted octanol–water partition coefficient (Wildman–Crippen LogP) is -1.73. The van der Waals surface area contributed by atoms with Gasteiger partial charge in [0.25, 0.3) is 5.60 Å². The molecule has 2 atom stereocenters. The third kappa shape index (κ3) is 3.11. The van der Waals surface area contributed by atoms with E-state index in [-0.39, 0.29) is 0 Å². The van der Waals surface area contributed by atoms with Gasteiger partial charge < -0.3 is 20.1 Å². The van der Waals surface area contributed by atoms with Gasteiger partial charge in [0.2, 0.25) is 5.60 Å². The third-order valence-electron chi connectivity index (χ3n) is 2.43. The Morgan fingerprint density at radius 1 is 1.06 bits per heavy atom. The molecule has 3 N–H and O–H groups in total. The number of ether oxygens (including phenoxy) is 1. The first-order chi connectivity index (χ1) is 7.96. The van der Waals surface area contributed by atoms with Gasteiger partial charge >= 0.3 is 11.9 Å². The van der Waals surface area contributed by atoms with Gasteiger partial charge in [0.15, 0.2) is 11.6 Å². The molecule has 0 heterocycles. The van der Waals surface area contributed by atoms with Crippen LogP contribution in [-0.2, 0) is 23.9 Å². The minimum atomic E-state index is -2.90. The summed E-state index contributed by atoms with van der Waals surface area (Å²) in [5, 5.41) is 27.5. The van der Waals surface area contributed by atoms with Crippen LogP contribution in [0.4, 0.5) is 0 Å². The van der Waals surface area contributed by atoms with Crippen molar-refractivity contribution in [2.45, 2.75) is 32.0 Å². The van der Waals surface area contributed by atoms with E-state index in [0.29, 0.717) is 0 Å². The van der Waals surface area contributed by atoms with Gasteiger partial charge in [-0.25, -0.2) is 9.59 Å². The number of carbonyl (C=O) groups excluding carboxylic acids is 3. The smallest absolute Gasteiger partial charge is 0.347 e. The molecule has 102 valence electrons. The Bertz CT molecular complexity index is 381. The van der Waals surface area contributed by atoms with Crippen molar-refractivity contribution in [1.82, 2.24) is 0 Å². The predicted molar refractivity (Wildman–Crippen MR) is 55.5 cm³/mol. The van der Waals surface area contributed by atoms with E-state index in [1.165, 1.54) is 0 Å². The van der Waals surface area contributed by atoms with Crippen molar-refractivity contribution in [3.05, 3.63) is 0 Å². The Morgan fingerprint density at radius 2 is 1.50 bits per heavy atom. The molecule has 0 aliphatic heterocycles. The number of esters is 1. The molecule has 0 amide bonds. The number of rotatable bonds is 6. The van der Waals surface area contributed by atoms with E-state index < -0.39 is 41.3 Å². The summed E-state index contributed by atoms with van der Waals surface area (Å²) in [6.45, 7) is 1.38. The van der Waals surface area contributed by atoms with Crippen LogP contribution >= 0.6 is 0 Å². The van der Waals surface area contributed by atoms with Gasteiger partial charge in [0.1, 0.15) is 6.61 Å². The zero-order chi connectivity index (χ0) is 14.7. The second kappa shape index (κ2) is 5.23. The van der Waals surface area contributed by atoms with E-state index in [2.05, 4.69) is 4.74 Å². The molecule has 0 radical (unpaired) electrons. The average molecular weight is 262 g/mol. The summed E-state index contributed by atoms with van der Waals surface area (Å²) in [5.41, 5.74) is -5.36. The fourth-order valence-electron chi connectivity index (χ4n) is 0.768. The van der Waals surface area contributed by atoms with E-state index in [0.717, 1.165) is 20.8 Å². The average Bonchev–Trinajstić information content (AvgIpc) is 2.24. The van der Waals surface area contributed by atoms with Gasteiger partial charge in [-0.3, -0.25) is 9.59 Å². The molecular weight excluding hydrogens is 248 g/mol. The number of hydrogen-bond acceptors (Lipinski definition) is 7. The van der Waals surface area contributed by atoms with Crippen LogP contribution in [0.3, 0.4) is 0 Å². The molecule has 2 unspecified atom stereocenters. The SMILES string of the molecule is CC(=O)C(C)(O)C(=O)OCC(O)(C(C)=O)C(=O)O. The molecule has 18 heavy (non-hydrogen) atoms. The zero-order valence-electron chi connectivity index (χ0n) is 10.1. The summed E-state index contributed by atoms with van der Waals surface area (Å²) in [5.74, 6) is -5.42. The number of carboxylic acids is 1. The summed E-state index contributed by atoms with van der Waals surface area (Å²) < 4.78 is 4.29. The normalized spacial score (nSPS) is 17.2. The first-order valence-corrected chi connectivity index (χ1v) is 4.83. The van der Waals surface area contributed by atoms with Crippen LogP contribution in [0.15, 0.2) is 0 Å². The van der Waals surface area contributed by atoms with Crippen molar-refractivity contribution in [1.29, 1.82) is 0 Å². The molecule has 0 aliphatic carbocycles. The Labute approximate surface area is 102 Å². The van der Waals surface area contributed by atoms with Crippen LogP contribution in [0.5, 0.6) is 0 Å². The largest absolute Gasteiger partial charge is 0.479 e. The van der Waals surface area contributed by atoms with Gasteiger partial charge in [-0.2, -0.15) is 0 Å². The van der Waals surface area contributed by atoms with Gasteiger partial charge in [0, 0.05) is 0 Å². The molecule has 0 rings (SSSR count). The molecule has 0 fully saturated rings. The van der Waals surface area contributed by atoms with Crippen LogP contribution in [0.1, 0.15) is 20.8 Å². The van der Waals surface area contributed by atoms with Gasteiger partial charge in [-0.1, -0.05) is 0 Å².